The average molecular weight is 323 g/mol. The Morgan fingerprint density at radius 1 is 1.35 bits per heavy atom. The van der Waals surface area contributed by atoms with Gasteiger partial charge in [-0.2, -0.15) is 28.8 Å². The average Bonchev–Trinajstić information content (AvgIpc) is 2.48. The van der Waals surface area contributed by atoms with Gasteiger partial charge in [0.15, 0.2) is 0 Å². The SMILES string of the molecule is CCOC(=O)C1CSCCN1S(=O)(=O)N1CCNCC1. The Kier molecular flexibility index (Phi) is 5.67. The van der Waals surface area contributed by atoms with Crippen LogP contribution >= 0.6 is 11.8 Å². The summed E-state index contributed by atoms with van der Waals surface area (Å²) >= 11 is 1.59. The second kappa shape index (κ2) is 7.08. The van der Waals surface area contributed by atoms with E-state index in [1.54, 1.807) is 18.7 Å². The third-order valence-electron chi connectivity index (χ3n) is 3.34. The molecule has 1 unspecified atom stereocenters. The molecule has 7 nitrogen and oxygen atoms in total. The van der Waals surface area contributed by atoms with E-state index in [9.17, 15) is 13.2 Å². The molecule has 0 aromatic rings. The zero-order chi connectivity index (χ0) is 14.6. The van der Waals surface area contributed by atoms with Crippen LogP contribution in [-0.2, 0) is 19.7 Å². The van der Waals surface area contributed by atoms with Crippen LogP contribution in [0.5, 0.6) is 0 Å². The van der Waals surface area contributed by atoms with Crippen LogP contribution in [-0.4, -0.2) is 79.9 Å². The van der Waals surface area contributed by atoms with Crippen molar-refractivity contribution in [1.82, 2.24) is 13.9 Å². The molecule has 2 aliphatic heterocycles. The van der Waals surface area contributed by atoms with E-state index in [4.69, 9.17) is 4.74 Å². The molecule has 1 atom stereocenters. The van der Waals surface area contributed by atoms with Crippen molar-refractivity contribution in [3.05, 3.63) is 0 Å². The molecular formula is C11H21N3O4S2. The summed E-state index contributed by atoms with van der Waals surface area (Å²) in [6, 6.07) is -0.700. The van der Waals surface area contributed by atoms with Gasteiger partial charge in [0.05, 0.1) is 6.61 Å². The first-order valence-electron chi connectivity index (χ1n) is 6.79. The highest BCUT2D eigenvalue weighted by molar-refractivity contribution is 7.99. The van der Waals surface area contributed by atoms with Crippen LogP contribution in [0.4, 0.5) is 0 Å². The molecule has 0 aliphatic carbocycles. The third-order valence-corrected chi connectivity index (χ3v) is 6.41. The predicted octanol–water partition coefficient (Wildman–Crippen LogP) is -0.883. The minimum absolute atomic E-state index is 0.265. The molecule has 2 saturated heterocycles. The molecule has 9 heteroatoms. The number of hydrogen-bond donors (Lipinski definition) is 1. The lowest BCUT2D eigenvalue weighted by Crippen LogP contribution is -2.58. The number of rotatable bonds is 4. The summed E-state index contributed by atoms with van der Waals surface area (Å²) in [6.07, 6.45) is 0. The smallest absolute Gasteiger partial charge is 0.325 e. The fourth-order valence-corrected chi connectivity index (χ4v) is 5.30. The molecule has 2 aliphatic rings. The lowest BCUT2D eigenvalue weighted by atomic mass is 10.3. The van der Waals surface area contributed by atoms with E-state index in [0.717, 1.165) is 0 Å². The number of thioether (sulfide) groups is 1. The van der Waals surface area contributed by atoms with E-state index in [-0.39, 0.29) is 6.61 Å². The van der Waals surface area contributed by atoms with E-state index < -0.39 is 22.2 Å². The summed E-state index contributed by atoms with van der Waals surface area (Å²) in [7, 11) is -3.59. The Bertz CT molecular complexity index is 437. The molecule has 0 spiro atoms. The van der Waals surface area contributed by atoms with Crippen LogP contribution in [0.25, 0.3) is 0 Å². The molecular weight excluding hydrogens is 302 g/mol. The molecule has 0 radical (unpaired) electrons. The molecule has 0 bridgehead atoms. The molecule has 0 aromatic heterocycles. The van der Waals surface area contributed by atoms with Crippen molar-refractivity contribution in [1.29, 1.82) is 0 Å². The summed E-state index contributed by atoms with van der Waals surface area (Å²) in [4.78, 5) is 12.0. The molecule has 0 amide bonds. The second-order valence-electron chi connectivity index (χ2n) is 4.61. The minimum atomic E-state index is -3.59. The number of carbonyl (C=O) groups excluding carboxylic acids is 1. The summed E-state index contributed by atoms with van der Waals surface area (Å²) in [6.45, 7) is 4.53. The van der Waals surface area contributed by atoms with E-state index >= 15 is 0 Å². The maximum Gasteiger partial charge on any atom is 0.325 e. The fraction of sp³-hybridized carbons (Fsp3) is 0.909. The number of esters is 1. The van der Waals surface area contributed by atoms with Crippen LogP contribution in [0, 0.1) is 0 Å². The molecule has 2 heterocycles. The lowest BCUT2D eigenvalue weighted by molar-refractivity contribution is -0.147. The van der Waals surface area contributed by atoms with Crippen molar-refractivity contribution in [3.63, 3.8) is 0 Å². The Balaban J connectivity index is 2.15. The summed E-state index contributed by atoms with van der Waals surface area (Å²) in [5.41, 5.74) is 0. The lowest BCUT2D eigenvalue weighted by Gasteiger charge is -2.37. The maximum atomic E-state index is 12.7. The number of nitrogens with one attached hydrogen (secondary N) is 1. The normalized spacial score (nSPS) is 26.4. The van der Waals surface area contributed by atoms with Crippen molar-refractivity contribution in [2.45, 2.75) is 13.0 Å². The van der Waals surface area contributed by atoms with Gasteiger partial charge in [-0.05, 0) is 6.92 Å². The number of nitrogens with zero attached hydrogens (tertiary/aromatic N) is 2. The second-order valence-corrected chi connectivity index (χ2v) is 7.64. The summed E-state index contributed by atoms with van der Waals surface area (Å²) in [5.74, 6) is 0.726. The van der Waals surface area contributed by atoms with Gasteiger partial charge in [-0.15, -0.1) is 0 Å². The van der Waals surface area contributed by atoms with Crippen molar-refractivity contribution in [2.24, 2.45) is 0 Å². The molecule has 20 heavy (non-hydrogen) atoms. The minimum Gasteiger partial charge on any atom is -0.465 e. The highest BCUT2D eigenvalue weighted by atomic mass is 32.2. The molecule has 0 saturated carbocycles. The molecule has 1 N–H and O–H groups in total. The van der Waals surface area contributed by atoms with Crippen LogP contribution in [0.2, 0.25) is 0 Å². The number of hydrogen-bond acceptors (Lipinski definition) is 6. The van der Waals surface area contributed by atoms with Gasteiger partial charge >= 0.3 is 5.97 Å². The fourth-order valence-electron chi connectivity index (χ4n) is 2.31. The Morgan fingerprint density at radius 3 is 2.70 bits per heavy atom. The monoisotopic (exact) mass is 323 g/mol. The Hall–Kier alpha value is -0.350. The van der Waals surface area contributed by atoms with Crippen LogP contribution in [0.15, 0.2) is 0 Å². The summed E-state index contributed by atoms with van der Waals surface area (Å²) < 4.78 is 33.1. The van der Waals surface area contributed by atoms with Gasteiger partial charge in [0.1, 0.15) is 6.04 Å². The first-order chi connectivity index (χ1) is 9.57. The Labute approximate surface area is 124 Å². The van der Waals surface area contributed by atoms with Crippen LogP contribution in [0.1, 0.15) is 6.92 Å². The van der Waals surface area contributed by atoms with Gasteiger partial charge in [0.2, 0.25) is 0 Å². The van der Waals surface area contributed by atoms with E-state index in [0.29, 0.717) is 44.2 Å². The zero-order valence-electron chi connectivity index (χ0n) is 11.6. The highest BCUT2D eigenvalue weighted by Gasteiger charge is 2.41. The van der Waals surface area contributed by atoms with Crippen LogP contribution < -0.4 is 5.32 Å². The van der Waals surface area contributed by atoms with Gasteiger partial charge in [-0.3, -0.25) is 4.79 Å². The quantitative estimate of drug-likeness (QED) is 0.677. The number of piperazine rings is 1. The summed E-state index contributed by atoms with van der Waals surface area (Å²) in [5, 5.41) is 3.12. The van der Waals surface area contributed by atoms with Crippen molar-refractivity contribution in [2.75, 3.05) is 50.8 Å². The predicted molar refractivity (Wildman–Crippen MR) is 77.8 cm³/mol. The number of carbonyl (C=O) groups is 1. The van der Waals surface area contributed by atoms with Gasteiger partial charge in [0, 0.05) is 44.2 Å². The topological polar surface area (TPSA) is 79.0 Å². The van der Waals surface area contributed by atoms with Crippen molar-refractivity contribution < 1.29 is 17.9 Å². The van der Waals surface area contributed by atoms with Gasteiger partial charge < -0.3 is 10.1 Å². The molecule has 116 valence electrons. The van der Waals surface area contributed by atoms with Crippen molar-refractivity contribution in [3.8, 4) is 0 Å². The first-order valence-corrected chi connectivity index (χ1v) is 9.34. The first kappa shape index (κ1) is 16.0. The molecule has 2 rings (SSSR count). The maximum absolute atomic E-state index is 12.7. The largest absolute Gasteiger partial charge is 0.465 e. The van der Waals surface area contributed by atoms with Gasteiger partial charge in [-0.25, -0.2) is 0 Å². The van der Waals surface area contributed by atoms with Gasteiger partial charge in [-0.1, -0.05) is 0 Å². The highest BCUT2D eigenvalue weighted by Crippen LogP contribution is 2.23. The zero-order valence-corrected chi connectivity index (χ0v) is 13.2. The Morgan fingerprint density at radius 2 is 2.05 bits per heavy atom. The van der Waals surface area contributed by atoms with E-state index in [1.807, 2.05) is 0 Å². The van der Waals surface area contributed by atoms with E-state index in [1.165, 1.54) is 8.61 Å². The number of ether oxygens (including phenoxy) is 1. The standard InChI is InChI=1S/C11H21N3O4S2/c1-2-18-11(15)10-9-19-8-7-14(10)20(16,17)13-5-3-12-4-6-13/h10,12H,2-9H2,1H3. The van der Waals surface area contributed by atoms with Crippen molar-refractivity contribution >= 4 is 27.9 Å². The van der Waals surface area contributed by atoms with E-state index in [2.05, 4.69) is 5.32 Å². The third kappa shape index (κ3) is 3.45. The van der Waals surface area contributed by atoms with Gasteiger partial charge in [0.25, 0.3) is 10.2 Å². The van der Waals surface area contributed by atoms with Crippen LogP contribution in [0.3, 0.4) is 0 Å². The molecule has 2 fully saturated rings. The molecule has 0 aromatic carbocycles.